The lowest BCUT2D eigenvalue weighted by atomic mass is 10.0. The van der Waals surface area contributed by atoms with Crippen LogP contribution in [0.1, 0.15) is 36.0 Å². The van der Waals surface area contributed by atoms with Gasteiger partial charge >= 0.3 is 5.97 Å². The molecule has 0 unspecified atom stereocenters. The van der Waals surface area contributed by atoms with E-state index in [-0.39, 0.29) is 18.4 Å². The fourth-order valence-corrected chi connectivity index (χ4v) is 3.02. The summed E-state index contributed by atoms with van der Waals surface area (Å²) < 4.78 is 20.9. The number of Topliss-reactive ketones (excluding diaryl/α,β-unsaturated/α-hetero) is 1. The Labute approximate surface area is 181 Å². The standard InChI is InChI=1S/C24H27NO6/c1-28-14-15-29-16-17-30-23(27)9-5-3-7-21(26)18-10-12-19(13-11-18)24-25-20-6-2-4-8-22(20)31-24/h2,4,6,8,10-13H,3,5,7,9,14-17H2,1H3. The lowest BCUT2D eigenvalue weighted by molar-refractivity contribution is -0.145. The SMILES string of the molecule is COCCOCCOC(=O)CCCCC(=O)c1ccc(-c2nc3ccccc3o2)cc1. The van der Waals surface area contributed by atoms with E-state index in [1.54, 1.807) is 19.2 Å². The summed E-state index contributed by atoms with van der Waals surface area (Å²) in [5.74, 6) is 0.303. The molecule has 31 heavy (non-hydrogen) atoms. The second-order valence-electron chi connectivity index (χ2n) is 7.02. The van der Waals surface area contributed by atoms with Crippen molar-refractivity contribution in [2.45, 2.75) is 25.7 Å². The molecule has 0 N–H and O–H groups in total. The third-order valence-corrected chi connectivity index (χ3v) is 4.70. The van der Waals surface area contributed by atoms with Gasteiger partial charge in [0, 0.05) is 31.1 Å². The number of oxazole rings is 1. The van der Waals surface area contributed by atoms with Crippen LogP contribution in [-0.2, 0) is 19.0 Å². The molecule has 0 saturated carbocycles. The number of carbonyl (C=O) groups excluding carboxylic acids is 2. The highest BCUT2D eigenvalue weighted by atomic mass is 16.6. The third-order valence-electron chi connectivity index (χ3n) is 4.70. The minimum absolute atomic E-state index is 0.0454. The molecule has 0 bridgehead atoms. The molecule has 0 aliphatic rings. The molecule has 0 radical (unpaired) electrons. The minimum Gasteiger partial charge on any atom is -0.463 e. The van der Waals surface area contributed by atoms with Crippen molar-refractivity contribution in [3.8, 4) is 11.5 Å². The van der Waals surface area contributed by atoms with Gasteiger partial charge in [0.2, 0.25) is 5.89 Å². The van der Waals surface area contributed by atoms with E-state index < -0.39 is 0 Å². The normalized spacial score (nSPS) is 11.0. The number of ether oxygens (including phenoxy) is 3. The van der Waals surface area contributed by atoms with E-state index in [0.717, 1.165) is 16.7 Å². The first-order chi connectivity index (χ1) is 15.2. The molecular weight excluding hydrogens is 398 g/mol. The number of aromatic nitrogens is 1. The van der Waals surface area contributed by atoms with Gasteiger partial charge in [0.15, 0.2) is 11.4 Å². The molecule has 1 heterocycles. The molecule has 7 heteroatoms. The van der Waals surface area contributed by atoms with Gasteiger partial charge in [-0.15, -0.1) is 0 Å². The predicted molar refractivity (Wildman–Crippen MR) is 116 cm³/mol. The highest BCUT2D eigenvalue weighted by Gasteiger charge is 2.11. The minimum atomic E-state index is -0.273. The second kappa shape index (κ2) is 12.0. The van der Waals surface area contributed by atoms with Gasteiger partial charge in [-0.2, -0.15) is 0 Å². The fourth-order valence-electron chi connectivity index (χ4n) is 3.02. The molecule has 164 valence electrons. The number of hydrogen-bond acceptors (Lipinski definition) is 7. The van der Waals surface area contributed by atoms with Gasteiger partial charge < -0.3 is 18.6 Å². The van der Waals surface area contributed by atoms with Crippen LogP contribution in [-0.4, -0.2) is 50.3 Å². The predicted octanol–water partition coefficient (Wildman–Crippen LogP) is 4.44. The molecule has 1 aromatic heterocycles. The first kappa shape index (κ1) is 22.7. The van der Waals surface area contributed by atoms with Gasteiger partial charge in [-0.1, -0.05) is 24.3 Å². The van der Waals surface area contributed by atoms with Crippen LogP contribution in [0.25, 0.3) is 22.6 Å². The molecular formula is C24H27NO6. The topological polar surface area (TPSA) is 87.9 Å². The Morgan fingerprint density at radius 2 is 1.65 bits per heavy atom. The fraction of sp³-hybridized carbons (Fsp3) is 0.375. The number of nitrogens with zero attached hydrogens (tertiary/aromatic N) is 1. The molecule has 0 saturated heterocycles. The van der Waals surface area contributed by atoms with Crippen molar-refractivity contribution in [1.82, 2.24) is 4.98 Å². The van der Waals surface area contributed by atoms with Crippen molar-refractivity contribution in [2.24, 2.45) is 0 Å². The highest BCUT2D eigenvalue weighted by Crippen LogP contribution is 2.24. The molecule has 7 nitrogen and oxygen atoms in total. The Morgan fingerprint density at radius 3 is 2.42 bits per heavy atom. The largest absolute Gasteiger partial charge is 0.463 e. The van der Waals surface area contributed by atoms with Crippen LogP contribution in [0.2, 0.25) is 0 Å². The van der Waals surface area contributed by atoms with Gasteiger partial charge in [0.25, 0.3) is 0 Å². The summed E-state index contributed by atoms with van der Waals surface area (Å²) in [6.45, 7) is 1.58. The Kier molecular flexibility index (Phi) is 8.75. The third kappa shape index (κ3) is 7.01. The summed E-state index contributed by atoms with van der Waals surface area (Å²) in [5, 5.41) is 0. The number of unbranched alkanes of at least 4 members (excludes halogenated alkanes) is 1. The average Bonchev–Trinajstić information content (AvgIpc) is 3.23. The Bertz CT molecular complexity index is 946. The van der Waals surface area contributed by atoms with Gasteiger partial charge in [-0.25, -0.2) is 4.98 Å². The number of fused-ring (bicyclic) bond motifs is 1. The maximum Gasteiger partial charge on any atom is 0.305 e. The zero-order chi connectivity index (χ0) is 21.9. The number of rotatable bonds is 13. The second-order valence-corrected chi connectivity index (χ2v) is 7.02. The Morgan fingerprint density at radius 1 is 0.903 bits per heavy atom. The number of methoxy groups -OCH3 is 1. The maximum absolute atomic E-state index is 12.4. The van der Waals surface area contributed by atoms with Crippen LogP contribution in [0.5, 0.6) is 0 Å². The summed E-state index contributed by atoms with van der Waals surface area (Å²) in [4.78, 5) is 28.5. The molecule has 2 aromatic carbocycles. The highest BCUT2D eigenvalue weighted by molar-refractivity contribution is 5.96. The summed E-state index contributed by atoms with van der Waals surface area (Å²) in [6.07, 6.45) is 1.92. The van der Waals surface area contributed by atoms with E-state index in [1.807, 2.05) is 36.4 Å². The van der Waals surface area contributed by atoms with E-state index in [0.29, 0.717) is 57.0 Å². The van der Waals surface area contributed by atoms with Crippen LogP contribution < -0.4 is 0 Å². The molecule has 0 amide bonds. The lowest BCUT2D eigenvalue weighted by Crippen LogP contribution is -2.12. The molecule has 0 fully saturated rings. The van der Waals surface area contributed by atoms with Gasteiger partial charge in [-0.3, -0.25) is 9.59 Å². The van der Waals surface area contributed by atoms with Gasteiger partial charge in [-0.05, 0) is 37.1 Å². The number of para-hydroxylation sites is 2. The zero-order valence-corrected chi connectivity index (χ0v) is 17.7. The monoisotopic (exact) mass is 425 g/mol. The Balaban J connectivity index is 1.36. The van der Waals surface area contributed by atoms with Crippen molar-refractivity contribution < 1.29 is 28.2 Å². The molecule has 0 aliphatic heterocycles. The summed E-state index contributed by atoms with van der Waals surface area (Å²) in [5.41, 5.74) is 2.99. The van der Waals surface area contributed by atoms with Gasteiger partial charge in [0.05, 0.1) is 19.8 Å². The zero-order valence-electron chi connectivity index (χ0n) is 17.7. The quantitative estimate of drug-likeness (QED) is 0.227. The van der Waals surface area contributed by atoms with E-state index in [1.165, 1.54) is 0 Å². The summed E-state index contributed by atoms with van der Waals surface area (Å²) >= 11 is 0. The van der Waals surface area contributed by atoms with Crippen molar-refractivity contribution in [2.75, 3.05) is 33.5 Å². The number of benzene rings is 2. The van der Waals surface area contributed by atoms with Crippen LogP contribution in [0.4, 0.5) is 0 Å². The van der Waals surface area contributed by atoms with Crippen LogP contribution in [0.15, 0.2) is 52.9 Å². The maximum atomic E-state index is 12.4. The van der Waals surface area contributed by atoms with Crippen molar-refractivity contribution in [1.29, 1.82) is 0 Å². The molecule has 3 rings (SSSR count). The van der Waals surface area contributed by atoms with E-state index in [4.69, 9.17) is 18.6 Å². The van der Waals surface area contributed by atoms with Crippen LogP contribution in [0.3, 0.4) is 0 Å². The van der Waals surface area contributed by atoms with E-state index in [9.17, 15) is 9.59 Å². The first-order valence-electron chi connectivity index (χ1n) is 10.4. The molecule has 0 atom stereocenters. The Hall–Kier alpha value is -3.03. The number of carbonyl (C=O) groups is 2. The number of ketones is 1. The van der Waals surface area contributed by atoms with Crippen molar-refractivity contribution in [3.63, 3.8) is 0 Å². The van der Waals surface area contributed by atoms with Crippen molar-refractivity contribution in [3.05, 3.63) is 54.1 Å². The van der Waals surface area contributed by atoms with Crippen molar-refractivity contribution >= 4 is 22.9 Å². The van der Waals surface area contributed by atoms with Crippen LogP contribution >= 0.6 is 0 Å². The van der Waals surface area contributed by atoms with E-state index >= 15 is 0 Å². The van der Waals surface area contributed by atoms with Crippen LogP contribution in [0, 0.1) is 0 Å². The molecule has 0 spiro atoms. The summed E-state index contributed by atoms with van der Waals surface area (Å²) in [7, 11) is 1.60. The van der Waals surface area contributed by atoms with E-state index in [2.05, 4.69) is 4.98 Å². The molecule has 0 aliphatic carbocycles. The smallest absolute Gasteiger partial charge is 0.305 e. The summed E-state index contributed by atoms with van der Waals surface area (Å²) in [6, 6.07) is 14.8. The molecule has 3 aromatic rings. The average molecular weight is 425 g/mol. The lowest BCUT2D eigenvalue weighted by Gasteiger charge is -2.06. The number of esters is 1. The first-order valence-corrected chi connectivity index (χ1v) is 10.4. The van der Waals surface area contributed by atoms with Gasteiger partial charge in [0.1, 0.15) is 12.1 Å². The number of hydrogen-bond donors (Lipinski definition) is 0.